The Hall–Kier alpha value is -1.10. The van der Waals surface area contributed by atoms with Gasteiger partial charge >= 0.3 is 5.97 Å². The summed E-state index contributed by atoms with van der Waals surface area (Å²) in [7, 11) is 0. The second kappa shape index (κ2) is 6.90. The van der Waals surface area contributed by atoms with Crippen LogP contribution in [0.15, 0.2) is 12.1 Å². The molecule has 2 aliphatic rings. The number of benzene rings is 1. The van der Waals surface area contributed by atoms with E-state index in [0.29, 0.717) is 22.6 Å². The molecule has 6 heteroatoms. The highest BCUT2D eigenvalue weighted by Crippen LogP contribution is 2.58. The molecule has 4 nitrogen and oxygen atoms in total. The van der Waals surface area contributed by atoms with E-state index in [1.807, 2.05) is 6.92 Å². The molecule has 1 fully saturated rings. The number of fused-ring (bicyclic) bond motifs is 1. The first-order valence-corrected chi connectivity index (χ1v) is 9.48. The van der Waals surface area contributed by atoms with Crippen molar-refractivity contribution in [2.24, 2.45) is 11.3 Å². The molecule has 0 bridgehead atoms. The van der Waals surface area contributed by atoms with Crippen molar-refractivity contribution in [3.8, 4) is 0 Å². The highest BCUT2D eigenvalue weighted by Gasteiger charge is 2.57. The van der Waals surface area contributed by atoms with Gasteiger partial charge in [0.25, 0.3) is 0 Å². The minimum absolute atomic E-state index is 0.0767. The maximum Gasteiger partial charge on any atom is 0.332 e. The van der Waals surface area contributed by atoms with Crippen molar-refractivity contribution in [1.82, 2.24) is 0 Å². The van der Waals surface area contributed by atoms with E-state index < -0.39 is 23.6 Å². The quantitative estimate of drug-likeness (QED) is 0.746. The molecule has 1 aromatic rings. The number of hydrogen-bond donors (Lipinski definition) is 1. The molecule has 136 valence electrons. The smallest absolute Gasteiger partial charge is 0.332 e. The first-order chi connectivity index (χ1) is 11.8. The lowest BCUT2D eigenvalue weighted by atomic mass is 9.71. The Morgan fingerprint density at radius 3 is 2.56 bits per heavy atom. The molecular formula is C19H22Cl2O4. The van der Waals surface area contributed by atoms with Gasteiger partial charge in [-0.3, -0.25) is 4.79 Å². The van der Waals surface area contributed by atoms with Gasteiger partial charge in [0.15, 0.2) is 11.9 Å². The minimum Gasteiger partial charge on any atom is -0.479 e. The topological polar surface area (TPSA) is 63.6 Å². The van der Waals surface area contributed by atoms with E-state index in [0.717, 1.165) is 25.7 Å². The van der Waals surface area contributed by atoms with Gasteiger partial charge in [0.2, 0.25) is 0 Å². The summed E-state index contributed by atoms with van der Waals surface area (Å²) in [5, 5.41) is 9.99. The van der Waals surface area contributed by atoms with Crippen LogP contribution in [0.1, 0.15) is 68.0 Å². The average molecular weight is 385 g/mol. The average Bonchev–Trinajstić information content (AvgIpc) is 3.17. The molecule has 3 unspecified atom stereocenters. The second-order valence-corrected chi connectivity index (χ2v) is 7.96. The van der Waals surface area contributed by atoms with E-state index in [2.05, 4.69) is 0 Å². The Morgan fingerprint density at radius 1 is 1.36 bits per heavy atom. The molecule has 1 saturated carbocycles. The summed E-state index contributed by atoms with van der Waals surface area (Å²) in [5.41, 5.74) is 0.248. The van der Waals surface area contributed by atoms with Gasteiger partial charge < -0.3 is 9.84 Å². The van der Waals surface area contributed by atoms with Crippen molar-refractivity contribution in [3.63, 3.8) is 0 Å². The first kappa shape index (κ1) is 18.7. The molecule has 25 heavy (non-hydrogen) atoms. The molecule has 0 aliphatic heterocycles. The van der Waals surface area contributed by atoms with Crippen molar-refractivity contribution in [2.45, 2.75) is 58.2 Å². The van der Waals surface area contributed by atoms with Crippen LogP contribution >= 0.6 is 23.2 Å². The third-order valence-corrected chi connectivity index (χ3v) is 6.62. The van der Waals surface area contributed by atoms with Gasteiger partial charge in [0.1, 0.15) is 0 Å². The van der Waals surface area contributed by atoms with Crippen LogP contribution in [0.3, 0.4) is 0 Å². The highest BCUT2D eigenvalue weighted by atomic mass is 35.5. The zero-order valence-corrected chi connectivity index (χ0v) is 15.9. The number of carbonyl (C=O) groups is 2. The summed E-state index contributed by atoms with van der Waals surface area (Å²) in [6, 6.07) is 3.40. The van der Waals surface area contributed by atoms with Gasteiger partial charge in [-0.15, -0.1) is 0 Å². The molecule has 2 aliphatic carbocycles. The zero-order valence-electron chi connectivity index (χ0n) is 14.4. The van der Waals surface area contributed by atoms with Gasteiger partial charge in [-0.2, -0.15) is 0 Å². The monoisotopic (exact) mass is 384 g/mol. The number of carboxylic acid groups (broad SMARTS) is 1. The second-order valence-electron chi connectivity index (χ2n) is 7.17. The third-order valence-electron chi connectivity index (χ3n) is 5.82. The van der Waals surface area contributed by atoms with E-state index in [1.165, 1.54) is 0 Å². The van der Waals surface area contributed by atoms with Crippen LogP contribution in [0.4, 0.5) is 0 Å². The lowest BCUT2D eigenvalue weighted by molar-refractivity contribution is -0.160. The van der Waals surface area contributed by atoms with Gasteiger partial charge in [-0.25, -0.2) is 4.79 Å². The fourth-order valence-electron chi connectivity index (χ4n) is 4.36. The SMILES string of the molecule is CCC(OC1c2ccc(Cl)c(Cl)c2C(=O)C1(C)C1CCCC1)C(=O)O. The molecule has 0 spiro atoms. The Labute approximate surface area is 157 Å². The standard InChI is InChI=1S/C19H22Cl2O4/c1-3-13(18(23)24)25-17-11-8-9-12(20)15(21)14(11)16(22)19(17,2)10-6-4-5-7-10/h8-10,13,17H,3-7H2,1-2H3,(H,23,24). The van der Waals surface area contributed by atoms with Crippen molar-refractivity contribution >= 4 is 35.0 Å². The molecule has 3 atom stereocenters. The van der Waals surface area contributed by atoms with Crippen LogP contribution in [-0.2, 0) is 9.53 Å². The van der Waals surface area contributed by atoms with Gasteiger partial charge in [-0.1, -0.05) is 49.0 Å². The van der Waals surface area contributed by atoms with Crippen molar-refractivity contribution in [3.05, 3.63) is 33.3 Å². The van der Waals surface area contributed by atoms with Gasteiger partial charge in [-0.05, 0) is 43.7 Å². The van der Waals surface area contributed by atoms with E-state index >= 15 is 0 Å². The number of Topliss-reactive ketones (excluding diaryl/α,β-unsaturated/α-hetero) is 1. The maximum absolute atomic E-state index is 13.4. The maximum atomic E-state index is 13.4. The number of aliphatic carboxylic acids is 1. The number of ketones is 1. The third kappa shape index (κ3) is 2.88. The molecule has 0 amide bonds. The molecule has 1 N–H and O–H groups in total. The summed E-state index contributed by atoms with van der Waals surface area (Å²) in [6.45, 7) is 3.66. The summed E-state index contributed by atoms with van der Waals surface area (Å²) >= 11 is 12.5. The summed E-state index contributed by atoms with van der Waals surface area (Å²) in [6.07, 6.45) is 2.77. The number of carboxylic acids is 1. The van der Waals surface area contributed by atoms with Gasteiger partial charge in [0, 0.05) is 5.56 Å². The van der Waals surface area contributed by atoms with E-state index in [-0.39, 0.29) is 16.7 Å². The Balaban J connectivity index is 2.11. The van der Waals surface area contributed by atoms with Crippen LogP contribution in [0.25, 0.3) is 0 Å². The van der Waals surface area contributed by atoms with E-state index in [9.17, 15) is 14.7 Å². The fraction of sp³-hybridized carbons (Fsp3) is 0.579. The van der Waals surface area contributed by atoms with Crippen LogP contribution in [0, 0.1) is 11.3 Å². The minimum atomic E-state index is -1.02. The Morgan fingerprint density at radius 2 is 2.00 bits per heavy atom. The lowest BCUT2D eigenvalue weighted by Gasteiger charge is -2.37. The summed E-state index contributed by atoms with van der Waals surface area (Å²) < 4.78 is 6.02. The van der Waals surface area contributed by atoms with E-state index in [1.54, 1.807) is 19.1 Å². The molecule has 3 rings (SSSR count). The first-order valence-electron chi connectivity index (χ1n) is 8.73. The fourth-order valence-corrected chi connectivity index (χ4v) is 4.77. The number of rotatable bonds is 5. The van der Waals surface area contributed by atoms with Gasteiger partial charge in [0.05, 0.1) is 21.6 Å². The lowest BCUT2D eigenvalue weighted by Crippen LogP contribution is -2.39. The Bertz CT molecular complexity index is 712. The molecule has 0 heterocycles. The van der Waals surface area contributed by atoms with Crippen LogP contribution in [0.5, 0.6) is 0 Å². The van der Waals surface area contributed by atoms with Crippen LogP contribution < -0.4 is 0 Å². The number of ether oxygens (including phenoxy) is 1. The zero-order chi connectivity index (χ0) is 18.4. The molecule has 0 aromatic heterocycles. The van der Waals surface area contributed by atoms with Crippen LogP contribution in [0.2, 0.25) is 10.0 Å². The van der Waals surface area contributed by atoms with Crippen molar-refractivity contribution < 1.29 is 19.4 Å². The predicted molar refractivity (Wildman–Crippen MR) is 96.4 cm³/mol. The number of halogens is 2. The van der Waals surface area contributed by atoms with E-state index in [4.69, 9.17) is 27.9 Å². The molecule has 0 radical (unpaired) electrons. The largest absolute Gasteiger partial charge is 0.479 e. The molecule has 0 saturated heterocycles. The van der Waals surface area contributed by atoms with Crippen molar-refractivity contribution in [1.29, 1.82) is 0 Å². The molecular weight excluding hydrogens is 363 g/mol. The number of carbonyl (C=O) groups excluding carboxylic acids is 1. The summed E-state index contributed by atoms with van der Waals surface area (Å²) in [5.74, 6) is -0.942. The Kier molecular flexibility index (Phi) is 5.16. The highest BCUT2D eigenvalue weighted by molar-refractivity contribution is 6.44. The van der Waals surface area contributed by atoms with Crippen molar-refractivity contribution in [2.75, 3.05) is 0 Å². The normalized spacial score (nSPS) is 27.5. The van der Waals surface area contributed by atoms with Crippen LogP contribution in [-0.4, -0.2) is 23.0 Å². The number of hydrogen-bond acceptors (Lipinski definition) is 3. The summed E-state index contributed by atoms with van der Waals surface area (Å²) in [4.78, 5) is 24.9. The molecule has 1 aromatic carbocycles. The predicted octanol–water partition coefficient (Wildman–Crippen LogP) is 5.31.